The molecular weight excluding hydrogens is 250 g/mol. The number of ether oxygens (including phenoxy) is 1. The van der Waals surface area contributed by atoms with E-state index in [0.29, 0.717) is 0 Å². The Morgan fingerprint density at radius 2 is 2.11 bits per heavy atom. The zero-order valence-electron chi connectivity index (χ0n) is 8.74. The summed E-state index contributed by atoms with van der Waals surface area (Å²) in [5.41, 5.74) is 4.64. The molecule has 1 aromatic rings. The minimum Gasteiger partial charge on any atom is -0.450 e. The zero-order valence-corrected chi connectivity index (χ0v) is 8.74. The summed E-state index contributed by atoms with van der Waals surface area (Å²) in [5, 5.41) is 11.9. The van der Waals surface area contributed by atoms with E-state index in [1.807, 2.05) is 0 Å². The van der Waals surface area contributed by atoms with Crippen LogP contribution in [0.25, 0.3) is 0 Å². The molecule has 1 heterocycles. The number of primary amides is 1. The number of urea groups is 1. The number of hydrogen-bond acceptors (Lipinski definition) is 7. The third-order valence-corrected chi connectivity index (χ3v) is 1.57. The summed E-state index contributed by atoms with van der Waals surface area (Å²) < 4.78 is 8.93. The van der Waals surface area contributed by atoms with Gasteiger partial charge in [0.25, 0.3) is 5.91 Å². The second-order valence-electron chi connectivity index (χ2n) is 2.88. The highest BCUT2D eigenvalue weighted by Gasteiger charge is 2.19. The van der Waals surface area contributed by atoms with Gasteiger partial charge in [-0.05, 0) is 6.07 Å². The molecule has 1 aromatic heterocycles. The van der Waals surface area contributed by atoms with Crippen LogP contribution in [0.5, 0.6) is 0 Å². The van der Waals surface area contributed by atoms with Crippen LogP contribution in [0.3, 0.4) is 0 Å². The van der Waals surface area contributed by atoms with E-state index in [2.05, 4.69) is 14.9 Å². The molecule has 0 spiro atoms. The van der Waals surface area contributed by atoms with E-state index in [4.69, 9.17) is 0 Å². The lowest BCUT2D eigenvalue weighted by Crippen LogP contribution is -2.37. The normalized spacial score (nSPS) is 9.56. The lowest BCUT2D eigenvalue weighted by atomic mass is 10.4. The molecule has 3 amide bonds. The fourth-order valence-electron chi connectivity index (χ4n) is 0.911. The molecule has 10 heteroatoms. The maximum atomic E-state index is 11.2. The highest BCUT2D eigenvalue weighted by molar-refractivity contribution is 5.95. The van der Waals surface area contributed by atoms with Crippen LogP contribution in [0.15, 0.2) is 16.5 Å². The first kappa shape index (κ1) is 13.2. The van der Waals surface area contributed by atoms with Crippen molar-refractivity contribution in [2.24, 2.45) is 5.73 Å². The molecule has 0 saturated heterocycles. The first-order valence-electron chi connectivity index (χ1n) is 4.41. The molecule has 0 radical (unpaired) electrons. The minimum absolute atomic E-state index is 0.437. The van der Waals surface area contributed by atoms with Crippen LogP contribution < -0.4 is 11.1 Å². The van der Waals surface area contributed by atoms with Crippen molar-refractivity contribution in [2.45, 2.75) is 0 Å². The summed E-state index contributed by atoms with van der Waals surface area (Å²) in [6, 6.07) is 0.886. The Morgan fingerprint density at radius 1 is 1.44 bits per heavy atom. The van der Waals surface area contributed by atoms with E-state index in [0.717, 1.165) is 12.1 Å². The number of rotatable bonds is 4. The van der Waals surface area contributed by atoms with Gasteiger partial charge in [-0.1, -0.05) is 0 Å². The third-order valence-electron chi connectivity index (χ3n) is 1.57. The Labute approximate surface area is 98.8 Å². The van der Waals surface area contributed by atoms with Crippen molar-refractivity contribution in [1.29, 1.82) is 0 Å². The van der Waals surface area contributed by atoms with Crippen LogP contribution in [-0.2, 0) is 9.53 Å². The number of furan rings is 1. The number of carbonyl (C=O) groups excluding carboxylic acids is 3. The molecule has 10 nitrogen and oxygen atoms in total. The van der Waals surface area contributed by atoms with Gasteiger partial charge in [0.1, 0.15) is 4.92 Å². The van der Waals surface area contributed by atoms with Gasteiger partial charge in [-0.25, -0.2) is 9.59 Å². The number of nitrogens with zero attached hydrogens (tertiary/aromatic N) is 1. The molecule has 0 unspecified atom stereocenters. The Kier molecular flexibility index (Phi) is 3.97. The molecule has 0 aromatic carbocycles. The van der Waals surface area contributed by atoms with Crippen LogP contribution >= 0.6 is 0 Å². The largest absolute Gasteiger partial charge is 0.450 e. The quantitative estimate of drug-likeness (QED) is 0.420. The molecule has 0 aliphatic rings. The highest BCUT2D eigenvalue weighted by atomic mass is 16.7. The van der Waals surface area contributed by atoms with Gasteiger partial charge < -0.3 is 14.9 Å². The van der Waals surface area contributed by atoms with Gasteiger partial charge in [-0.3, -0.25) is 20.2 Å². The lowest BCUT2D eigenvalue weighted by Gasteiger charge is -2.01. The Bertz CT molecular complexity index is 507. The van der Waals surface area contributed by atoms with Gasteiger partial charge in [-0.2, -0.15) is 0 Å². The second-order valence-corrected chi connectivity index (χ2v) is 2.88. The van der Waals surface area contributed by atoms with E-state index in [-0.39, 0.29) is 0 Å². The number of esters is 1. The topological polar surface area (TPSA) is 155 Å². The molecule has 3 N–H and O–H groups in total. The van der Waals surface area contributed by atoms with Crippen molar-refractivity contribution in [3.63, 3.8) is 0 Å². The average Bonchev–Trinajstić information content (AvgIpc) is 2.74. The van der Waals surface area contributed by atoms with Gasteiger partial charge in [-0.15, -0.1) is 0 Å². The number of nitrogens with two attached hydrogens (primary N) is 1. The smallest absolute Gasteiger partial charge is 0.433 e. The van der Waals surface area contributed by atoms with E-state index >= 15 is 0 Å². The average molecular weight is 257 g/mol. The zero-order chi connectivity index (χ0) is 13.7. The molecule has 0 aliphatic heterocycles. The summed E-state index contributed by atoms with van der Waals surface area (Å²) in [6.07, 6.45) is 0. The number of amides is 3. The van der Waals surface area contributed by atoms with Gasteiger partial charge in [0.15, 0.2) is 6.61 Å². The van der Waals surface area contributed by atoms with Crippen LogP contribution in [0.2, 0.25) is 0 Å². The predicted molar refractivity (Wildman–Crippen MR) is 53.4 cm³/mol. The Morgan fingerprint density at radius 3 is 2.61 bits per heavy atom. The maximum absolute atomic E-state index is 11.2. The van der Waals surface area contributed by atoms with Crippen LogP contribution in [0.4, 0.5) is 10.7 Å². The van der Waals surface area contributed by atoms with E-state index in [9.17, 15) is 24.5 Å². The summed E-state index contributed by atoms with van der Waals surface area (Å²) in [4.78, 5) is 41.8. The first-order chi connectivity index (χ1) is 8.40. The molecule has 0 aliphatic carbocycles. The molecule has 18 heavy (non-hydrogen) atoms. The predicted octanol–water partition coefficient (Wildman–Crippen LogP) is -0.460. The third kappa shape index (κ3) is 3.59. The molecule has 0 saturated carbocycles. The van der Waals surface area contributed by atoms with Gasteiger partial charge in [0.2, 0.25) is 5.76 Å². The molecular formula is C8H7N3O7. The van der Waals surface area contributed by atoms with Crippen molar-refractivity contribution >= 4 is 23.8 Å². The van der Waals surface area contributed by atoms with Crippen molar-refractivity contribution in [1.82, 2.24) is 5.32 Å². The highest BCUT2D eigenvalue weighted by Crippen LogP contribution is 2.16. The number of hydrogen-bond donors (Lipinski definition) is 2. The minimum atomic E-state index is -1.09. The van der Waals surface area contributed by atoms with E-state index in [1.165, 1.54) is 0 Å². The number of imide groups is 1. The van der Waals surface area contributed by atoms with Crippen molar-refractivity contribution in [3.8, 4) is 0 Å². The lowest BCUT2D eigenvalue weighted by molar-refractivity contribution is -0.402. The van der Waals surface area contributed by atoms with Crippen molar-refractivity contribution < 1.29 is 28.5 Å². The van der Waals surface area contributed by atoms with Crippen molar-refractivity contribution in [3.05, 3.63) is 28.0 Å². The Hall–Kier alpha value is -2.91. The number of nitro groups is 1. The fraction of sp³-hybridized carbons (Fsp3) is 0.125. The van der Waals surface area contributed by atoms with Gasteiger partial charge in [0.05, 0.1) is 6.07 Å². The monoisotopic (exact) mass is 257 g/mol. The Balaban J connectivity index is 2.52. The molecule has 0 fully saturated rings. The number of nitrogens with one attached hydrogen (secondary N) is 1. The summed E-state index contributed by atoms with van der Waals surface area (Å²) in [5.74, 6) is -3.09. The summed E-state index contributed by atoms with van der Waals surface area (Å²) in [7, 11) is 0. The fourth-order valence-corrected chi connectivity index (χ4v) is 0.911. The van der Waals surface area contributed by atoms with Crippen LogP contribution in [0.1, 0.15) is 10.6 Å². The van der Waals surface area contributed by atoms with Gasteiger partial charge in [0, 0.05) is 0 Å². The molecule has 1 rings (SSSR count). The second kappa shape index (κ2) is 5.43. The summed E-state index contributed by atoms with van der Waals surface area (Å²) in [6.45, 7) is -0.768. The van der Waals surface area contributed by atoms with Crippen molar-refractivity contribution in [2.75, 3.05) is 6.61 Å². The standard InChI is InChI=1S/C8H7N3O7/c9-8(14)10-5(12)3-17-7(13)4-1-2-6(18-4)11(15)16/h1-2H,3H2,(H3,9,10,12,14). The maximum Gasteiger partial charge on any atom is 0.433 e. The molecule has 0 atom stereocenters. The summed E-state index contributed by atoms with van der Waals surface area (Å²) >= 11 is 0. The first-order valence-corrected chi connectivity index (χ1v) is 4.41. The molecule has 0 bridgehead atoms. The molecule has 96 valence electrons. The number of carbonyl (C=O) groups is 3. The van der Waals surface area contributed by atoms with E-state index < -0.39 is 41.1 Å². The van der Waals surface area contributed by atoms with Crippen LogP contribution in [0, 0.1) is 10.1 Å². The van der Waals surface area contributed by atoms with Crippen LogP contribution in [-0.4, -0.2) is 29.4 Å². The van der Waals surface area contributed by atoms with E-state index in [1.54, 1.807) is 5.32 Å². The SMILES string of the molecule is NC(=O)NC(=O)COC(=O)c1ccc([N+](=O)[O-])o1. The van der Waals surface area contributed by atoms with Gasteiger partial charge >= 0.3 is 17.9 Å².